The molecule has 0 aliphatic heterocycles. The molecule has 1 saturated carbocycles. The van der Waals surface area contributed by atoms with Gasteiger partial charge in [0.05, 0.1) is 11.1 Å². The predicted molar refractivity (Wildman–Crippen MR) is 93.2 cm³/mol. The molecule has 0 unspecified atom stereocenters. The van der Waals surface area contributed by atoms with E-state index in [1.165, 1.54) is 12.3 Å². The van der Waals surface area contributed by atoms with Crippen LogP contribution in [-0.4, -0.2) is 16.5 Å². The van der Waals surface area contributed by atoms with E-state index in [9.17, 15) is 22.8 Å². The van der Waals surface area contributed by atoms with Gasteiger partial charge in [0.1, 0.15) is 5.56 Å². The van der Waals surface area contributed by atoms with Crippen molar-refractivity contribution in [3.05, 3.63) is 45.7 Å². The molecule has 7 heteroatoms. The van der Waals surface area contributed by atoms with E-state index >= 15 is 0 Å². The number of halogens is 3. The molecule has 1 N–H and O–H groups in total. The van der Waals surface area contributed by atoms with Crippen molar-refractivity contribution in [1.82, 2.24) is 9.88 Å². The first-order valence-corrected chi connectivity index (χ1v) is 8.86. The van der Waals surface area contributed by atoms with Crippen molar-refractivity contribution in [2.75, 3.05) is 0 Å². The van der Waals surface area contributed by atoms with Crippen LogP contribution >= 0.6 is 0 Å². The number of amides is 1. The molecule has 1 aliphatic rings. The Balaban J connectivity index is 2.06. The number of aryl methyl sites for hydroxylation is 1. The van der Waals surface area contributed by atoms with Crippen LogP contribution in [0.2, 0.25) is 0 Å². The van der Waals surface area contributed by atoms with Crippen molar-refractivity contribution in [3.63, 3.8) is 0 Å². The van der Waals surface area contributed by atoms with Crippen LogP contribution in [0.4, 0.5) is 13.2 Å². The summed E-state index contributed by atoms with van der Waals surface area (Å²) in [5.41, 5.74) is -1.28. The van der Waals surface area contributed by atoms with E-state index in [1.807, 2.05) is 6.92 Å². The number of nitrogens with one attached hydrogen (secondary N) is 1. The molecule has 0 bridgehead atoms. The van der Waals surface area contributed by atoms with Gasteiger partial charge < -0.3 is 9.88 Å². The molecule has 0 spiro atoms. The number of hydrogen-bond donors (Lipinski definition) is 1. The van der Waals surface area contributed by atoms with Gasteiger partial charge in [-0.3, -0.25) is 9.59 Å². The molecule has 1 fully saturated rings. The largest absolute Gasteiger partial charge is 0.416 e. The van der Waals surface area contributed by atoms with Crippen molar-refractivity contribution in [2.45, 2.75) is 57.8 Å². The molecule has 2 aromatic rings. The summed E-state index contributed by atoms with van der Waals surface area (Å²) < 4.78 is 40.7. The van der Waals surface area contributed by atoms with E-state index in [0.29, 0.717) is 12.1 Å². The van der Waals surface area contributed by atoms with Gasteiger partial charge in [-0.05, 0) is 38.0 Å². The summed E-state index contributed by atoms with van der Waals surface area (Å²) >= 11 is 0. The standard InChI is InChI=1S/C19H21F3N2O2/c1-2-24-11-15(18(26)23-13-6-4-3-5-7-13)17(25)14-10-12(19(20,21)22)8-9-16(14)24/h8-11,13H,2-7H2,1H3,(H,23,26). The van der Waals surface area contributed by atoms with Gasteiger partial charge in [0.15, 0.2) is 0 Å². The third kappa shape index (κ3) is 3.61. The van der Waals surface area contributed by atoms with Crippen LogP contribution in [-0.2, 0) is 12.7 Å². The van der Waals surface area contributed by atoms with Crippen LogP contribution < -0.4 is 10.7 Å². The van der Waals surface area contributed by atoms with Gasteiger partial charge >= 0.3 is 6.18 Å². The van der Waals surface area contributed by atoms with Crippen LogP contribution in [0.15, 0.2) is 29.2 Å². The zero-order valence-corrected chi connectivity index (χ0v) is 14.5. The fraction of sp³-hybridized carbons (Fsp3) is 0.474. The van der Waals surface area contributed by atoms with Crippen molar-refractivity contribution >= 4 is 16.8 Å². The first kappa shape index (κ1) is 18.5. The Labute approximate surface area is 149 Å². The molecule has 1 aromatic heterocycles. The number of alkyl halides is 3. The van der Waals surface area contributed by atoms with Gasteiger partial charge in [0, 0.05) is 24.2 Å². The van der Waals surface area contributed by atoms with E-state index < -0.39 is 23.1 Å². The molecule has 0 atom stereocenters. The minimum Gasteiger partial charge on any atom is -0.349 e. The average molecular weight is 366 g/mol. The van der Waals surface area contributed by atoms with Gasteiger partial charge in [-0.15, -0.1) is 0 Å². The van der Waals surface area contributed by atoms with Crippen LogP contribution in [0.25, 0.3) is 10.9 Å². The normalized spacial score (nSPS) is 16.0. The molecule has 26 heavy (non-hydrogen) atoms. The minimum atomic E-state index is -4.54. The summed E-state index contributed by atoms with van der Waals surface area (Å²) in [6, 6.07) is 3.09. The lowest BCUT2D eigenvalue weighted by Crippen LogP contribution is -2.38. The molecular weight excluding hydrogens is 345 g/mol. The minimum absolute atomic E-state index is 0.0166. The topological polar surface area (TPSA) is 51.1 Å². The molecule has 140 valence electrons. The molecule has 1 aromatic carbocycles. The second-order valence-corrected chi connectivity index (χ2v) is 6.70. The maximum atomic E-state index is 13.0. The van der Waals surface area contributed by atoms with E-state index in [-0.39, 0.29) is 17.0 Å². The number of nitrogens with zero attached hydrogens (tertiary/aromatic N) is 1. The quantitative estimate of drug-likeness (QED) is 0.889. The zero-order valence-electron chi connectivity index (χ0n) is 14.5. The number of rotatable bonds is 3. The number of fused-ring (bicyclic) bond motifs is 1. The molecule has 0 saturated heterocycles. The van der Waals surface area contributed by atoms with Crippen LogP contribution in [0.1, 0.15) is 54.9 Å². The number of pyridine rings is 1. The highest BCUT2D eigenvalue weighted by Gasteiger charge is 2.31. The smallest absolute Gasteiger partial charge is 0.349 e. The van der Waals surface area contributed by atoms with E-state index in [1.54, 1.807) is 4.57 Å². The van der Waals surface area contributed by atoms with Crippen LogP contribution in [0.3, 0.4) is 0 Å². The number of benzene rings is 1. The zero-order chi connectivity index (χ0) is 18.9. The summed E-state index contributed by atoms with van der Waals surface area (Å²) in [6.07, 6.45) is 1.80. The second kappa shape index (κ2) is 7.13. The van der Waals surface area contributed by atoms with Gasteiger partial charge in [-0.2, -0.15) is 13.2 Å². The van der Waals surface area contributed by atoms with Crippen LogP contribution in [0, 0.1) is 0 Å². The molecular formula is C19H21F3N2O2. The van der Waals surface area contributed by atoms with E-state index in [4.69, 9.17) is 0 Å². The Kier molecular flexibility index (Phi) is 5.07. The van der Waals surface area contributed by atoms with Crippen LogP contribution in [0.5, 0.6) is 0 Å². The fourth-order valence-electron chi connectivity index (χ4n) is 3.51. The fourth-order valence-corrected chi connectivity index (χ4v) is 3.51. The van der Waals surface area contributed by atoms with Crippen molar-refractivity contribution in [1.29, 1.82) is 0 Å². The van der Waals surface area contributed by atoms with Gasteiger partial charge in [-0.25, -0.2) is 0 Å². The highest BCUT2D eigenvalue weighted by atomic mass is 19.4. The Morgan fingerprint density at radius 1 is 1.23 bits per heavy atom. The summed E-state index contributed by atoms with van der Waals surface area (Å²) in [7, 11) is 0. The number of carbonyl (C=O) groups is 1. The molecule has 1 amide bonds. The monoisotopic (exact) mass is 366 g/mol. The average Bonchev–Trinajstić information content (AvgIpc) is 2.62. The third-order valence-electron chi connectivity index (χ3n) is 4.93. The number of aromatic nitrogens is 1. The predicted octanol–water partition coefficient (Wildman–Crippen LogP) is 4.10. The molecule has 1 aliphatic carbocycles. The molecule has 1 heterocycles. The summed E-state index contributed by atoms with van der Waals surface area (Å²) in [5, 5.41) is 2.78. The van der Waals surface area contributed by atoms with Crippen molar-refractivity contribution < 1.29 is 18.0 Å². The Bertz CT molecular complexity index is 881. The van der Waals surface area contributed by atoms with Gasteiger partial charge in [0.25, 0.3) is 5.91 Å². The molecule has 0 radical (unpaired) electrons. The second-order valence-electron chi connectivity index (χ2n) is 6.70. The lowest BCUT2D eigenvalue weighted by molar-refractivity contribution is -0.137. The van der Waals surface area contributed by atoms with Crippen molar-refractivity contribution in [2.24, 2.45) is 0 Å². The Morgan fingerprint density at radius 2 is 1.92 bits per heavy atom. The van der Waals surface area contributed by atoms with Crippen molar-refractivity contribution in [3.8, 4) is 0 Å². The first-order chi connectivity index (χ1) is 12.3. The lowest BCUT2D eigenvalue weighted by Gasteiger charge is -2.23. The maximum Gasteiger partial charge on any atom is 0.416 e. The highest BCUT2D eigenvalue weighted by molar-refractivity contribution is 5.97. The Hall–Kier alpha value is -2.31. The van der Waals surface area contributed by atoms with Gasteiger partial charge in [-0.1, -0.05) is 19.3 Å². The van der Waals surface area contributed by atoms with Gasteiger partial charge in [0.2, 0.25) is 5.43 Å². The molecule has 3 rings (SSSR count). The third-order valence-corrected chi connectivity index (χ3v) is 4.93. The van der Waals surface area contributed by atoms with E-state index in [0.717, 1.165) is 44.2 Å². The Morgan fingerprint density at radius 3 is 2.54 bits per heavy atom. The number of carbonyl (C=O) groups excluding carboxylic acids is 1. The maximum absolute atomic E-state index is 13.0. The lowest BCUT2D eigenvalue weighted by atomic mass is 9.95. The molecule has 4 nitrogen and oxygen atoms in total. The summed E-state index contributed by atoms with van der Waals surface area (Å²) in [4.78, 5) is 25.3. The SMILES string of the molecule is CCn1cc(C(=O)NC2CCCCC2)c(=O)c2cc(C(F)(F)F)ccc21. The summed E-state index contributed by atoms with van der Waals surface area (Å²) in [5.74, 6) is -0.511. The first-order valence-electron chi connectivity index (χ1n) is 8.86. The number of hydrogen-bond acceptors (Lipinski definition) is 2. The summed E-state index contributed by atoms with van der Waals surface area (Å²) in [6.45, 7) is 2.25. The highest BCUT2D eigenvalue weighted by Crippen LogP contribution is 2.30. The van der Waals surface area contributed by atoms with E-state index in [2.05, 4.69) is 5.32 Å².